The number of nitriles is 1. The lowest BCUT2D eigenvalue weighted by atomic mass is 10.00. The van der Waals surface area contributed by atoms with Gasteiger partial charge in [0.2, 0.25) is 0 Å². The van der Waals surface area contributed by atoms with Gasteiger partial charge in [0, 0.05) is 19.4 Å². The predicted molar refractivity (Wildman–Crippen MR) is 71.1 cm³/mol. The summed E-state index contributed by atoms with van der Waals surface area (Å²) in [5, 5.41) is 16.9. The Bertz CT molecular complexity index is 418. The molecule has 0 radical (unpaired) electrons. The molecule has 1 rings (SSSR count). The molecule has 0 amide bonds. The van der Waals surface area contributed by atoms with Crippen molar-refractivity contribution in [1.29, 1.82) is 5.26 Å². The van der Waals surface area contributed by atoms with Gasteiger partial charge in [0.25, 0.3) is 0 Å². The fourth-order valence-corrected chi connectivity index (χ4v) is 1.92. The molecule has 1 atom stereocenters. The van der Waals surface area contributed by atoms with Gasteiger partial charge in [-0.3, -0.25) is 5.32 Å². The van der Waals surface area contributed by atoms with Crippen molar-refractivity contribution in [3.8, 4) is 6.07 Å². The highest BCUT2D eigenvalue weighted by Gasteiger charge is 2.22. The number of aromatic nitrogens is 3. The Morgan fingerprint density at radius 2 is 2.06 bits per heavy atom. The molecule has 0 aliphatic carbocycles. The number of nitrogens with zero attached hydrogens (tertiary/aromatic N) is 4. The van der Waals surface area contributed by atoms with Gasteiger partial charge in [0.05, 0.1) is 6.07 Å². The lowest BCUT2D eigenvalue weighted by Gasteiger charge is -2.22. The van der Waals surface area contributed by atoms with E-state index in [0.29, 0.717) is 0 Å². The number of hydrogen-bond donors (Lipinski definition) is 1. The molecule has 1 N–H and O–H groups in total. The molecule has 1 aromatic rings. The molecular weight excluding hydrogens is 226 g/mol. The van der Waals surface area contributed by atoms with Crippen molar-refractivity contribution in [2.75, 3.05) is 6.54 Å². The Hall–Kier alpha value is -1.41. The molecule has 0 spiro atoms. The van der Waals surface area contributed by atoms with Crippen molar-refractivity contribution in [3.05, 3.63) is 11.6 Å². The molecule has 18 heavy (non-hydrogen) atoms. The van der Waals surface area contributed by atoms with Crippen LogP contribution in [0.15, 0.2) is 0 Å². The Kier molecular flexibility index (Phi) is 5.29. The van der Waals surface area contributed by atoms with E-state index in [0.717, 1.165) is 44.0 Å². The third-order valence-electron chi connectivity index (χ3n) is 3.06. The van der Waals surface area contributed by atoms with Crippen LogP contribution in [-0.4, -0.2) is 26.8 Å². The first-order valence-electron chi connectivity index (χ1n) is 6.67. The summed E-state index contributed by atoms with van der Waals surface area (Å²) in [6, 6.07) is 2.34. The molecule has 0 saturated carbocycles. The Morgan fingerprint density at radius 1 is 1.33 bits per heavy atom. The Morgan fingerprint density at radius 3 is 2.56 bits per heavy atom. The summed E-state index contributed by atoms with van der Waals surface area (Å²) in [4.78, 5) is 4.47. The van der Waals surface area contributed by atoms with Crippen molar-refractivity contribution < 1.29 is 0 Å². The lowest BCUT2D eigenvalue weighted by Crippen LogP contribution is -2.41. The molecule has 5 nitrogen and oxygen atoms in total. The zero-order chi connectivity index (χ0) is 13.6. The van der Waals surface area contributed by atoms with Crippen molar-refractivity contribution in [2.45, 2.75) is 59.0 Å². The first-order valence-corrected chi connectivity index (χ1v) is 6.67. The van der Waals surface area contributed by atoms with Gasteiger partial charge in [-0.05, 0) is 19.9 Å². The molecule has 0 aromatic carbocycles. The SMILES string of the molecule is CCNC(C)(C#N)CCn1nc(CC)nc1CC. The Labute approximate surface area is 109 Å². The highest BCUT2D eigenvalue weighted by atomic mass is 15.3. The minimum atomic E-state index is -0.488. The predicted octanol–water partition coefficient (Wildman–Crippen LogP) is 1.68. The summed E-state index contributed by atoms with van der Waals surface area (Å²) in [6.45, 7) is 9.60. The van der Waals surface area contributed by atoms with E-state index in [1.807, 2.05) is 18.5 Å². The van der Waals surface area contributed by atoms with Crippen LogP contribution in [0.1, 0.15) is 45.8 Å². The van der Waals surface area contributed by atoms with Gasteiger partial charge >= 0.3 is 0 Å². The molecule has 0 saturated heterocycles. The first kappa shape index (κ1) is 14.7. The molecule has 0 fully saturated rings. The van der Waals surface area contributed by atoms with Gasteiger partial charge in [-0.2, -0.15) is 10.4 Å². The zero-order valence-electron chi connectivity index (χ0n) is 11.8. The van der Waals surface area contributed by atoms with Gasteiger partial charge < -0.3 is 0 Å². The van der Waals surface area contributed by atoms with Crippen LogP contribution in [0.3, 0.4) is 0 Å². The van der Waals surface area contributed by atoms with E-state index in [2.05, 4.69) is 35.3 Å². The van der Waals surface area contributed by atoms with E-state index in [9.17, 15) is 5.26 Å². The van der Waals surface area contributed by atoms with Gasteiger partial charge in [-0.15, -0.1) is 0 Å². The number of aryl methyl sites for hydroxylation is 3. The third kappa shape index (κ3) is 3.54. The zero-order valence-corrected chi connectivity index (χ0v) is 11.8. The minimum Gasteiger partial charge on any atom is -0.300 e. The summed E-state index contributed by atoms with van der Waals surface area (Å²) >= 11 is 0. The molecule has 0 aliphatic heterocycles. The minimum absolute atomic E-state index is 0.488. The molecule has 1 heterocycles. The van der Waals surface area contributed by atoms with Crippen LogP contribution >= 0.6 is 0 Å². The van der Waals surface area contributed by atoms with Crippen molar-refractivity contribution in [2.24, 2.45) is 0 Å². The van der Waals surface area contributed by atoms with Crippen LogP contribution in [0.25, 0.3) is 0 Å². The Balaban J connectivity index is 2.73. The summed E-state index contributed by atoms with van der Waals surface area (Å²) in [6.07, 6.45) is 2.46. The fraction of sp³-hybridized carbons (Fsp3) is 0.769. The highest BCUT2D eigenvalue weighted by molar-refractivity contribution is 5.03. The van der Waals surface area contributed by atoms with Crippen molar-refractivity contribution >= 4 is 0 Å². The lowest BCUT2D eigenvalue weighted by molar-refractivity contribution is 0.385. The standard InChI is InChI=1S/C13H23N5/c1-5-11-16-12(6-2)18(17-11)9-8-13(4,10-14)15-7-3/h15H,5-9H2,1-4H3. The monoisotopic (exact) mass is 249 g/mol. The first-order chi connectivity index (χ1) is 8.58. The average Bonchev–Trinajstić information content (AvgIpc) is 2.79. The normalized spacial score (nSPS) is 14.2. The third-order valence-corrected chi connectivity index (χ3v) is 3.06. The molecule has 0 aliphatic rings. The quantitative estimate of drug-likeness (QED) is 0.798. The van der Waals surface area contributed by atoms with E-state index in [1.54, 1.807) is 0 Å². The van der Waals surface area contributed by atoms with Gasteiger partial charge in [-0.1, -0.05) is 20.8 Å². The fourth-order valence-electron chi connectivity index (χ4n) is 1.92. The van der Waals surface area contributed by atoms with Crippen LogP contribution < -0.4 is 5.32 Å². The summed E-state index contributed by atoms with van der Waals surface area (Å²) < 4.78 is 1.94. The van der Waals surface area contributed by atoms with E-state index in [-0.39, 0.29) is 0 Å². The highest BCUT2D eigenvalue weighted by Crippen LogP contribution is 2.11. The number of rotatable bonds is 7. The topological polar surface area (TPSA) is 66.5 Å². The van der Waals surface area contributed by atoms with Gasteiger partial charge in [0.1, 0.15) is 11.4 Å². The van der Waals surface area contributed by atoms with E-state index in [1.165, 1.54) is 0 Å². The average molecular weight is 249 g/mol. The maximum absolute atomic E-state index is 9.21. The number of hydrogen-bond acceptors (Lipinski definition) is 4. The largest absolute Gasteiger partial charge is 0.300 e. The smallest absolute Gasteiger partial charge is 0.150 e. The van der Waals surface area contributed by atoms with Gasteiger partial charge in [0.15, 0.2) is 5.82 Å². The molecule has 1 unspecified atom stereocenters. The number of nitrogens with one attached hydrogen (secondary N) is 1. The summed E-state index contributed by atoms with van der Waals surface area (Å²) in [7, 11) is 0. The summed E-state index contributed by atoms with van der Waals surface area (Å²) in [5.74, 6) is 1.89. The molecular formula is C13H23N5. The van der Waals surface area contributed by atoms with Crippen molar-refractivity contribution in [3.63, 3.8) is 0 Å². The molecule has 0 bridgehead atoms. The van der Waals surface area contributed by atoms with E-state index in [4.69, 9.17) is 0 Å². The van der Waals surface area contributed by atoms with E-state index >= 15 is 0 Å². The second-order valence-electron chi connectivity index (χ2n) is 4.60. The molecule has 5 heteroatoms. The molecule has 100 valence electrons. The second kappa shape index (κ2) is 6.50. The maximum Gasteiger partial charge on any atom is 0.150 e. The van der Waals surface area contributed by atoms with Crippen LogP contribution in [-0.2, 0) is 19.4 Å². The van der Waals surface area contributed by atoms with Crippen LogP contribution in [0.5, 0.6) is 0 Å². The van der Waals surface area contributed by atoms with Crippen LogP contribution in [0.2, 0.25) is 0 Å². The van der Waals surface area contributed by atoms with Crippen molar-refractivity contribution in [1.82, 2.24) is 20.1 Å². The second-order valence-corrected chi connectivity index (χ2v) is 4.60. The molecule has 1 aromatic heterocycles. The van der Waals surface area contributed by atoms with E-state index < -0.39 is 5.54 Å². The maximum atomic E-state index is 9.21. The van der Waals surface area contributed by atoms with Crippen LogP contribution in [0.4, 0.5) is 0 Å². The van der Waals surface area contributed by atoms with Gasteiger partial charge in [-0.25, -0.2) is 9.67 Å². The van der Waals surface area contributed by atoms with Crippen LogP contribution in [0, 0.1) is 11.3 Å². The summed E-state index contributed by atoms with van der Waals surface area (Å²) in [5.41, 5.74) is -0.488.